The van der Waals surface area contributed by atoms with Crippen molar-refractivity contribution in [2.24, 2.45) is 5.92 Å². The third-order valence-corrected chi connectivity index (χ3v) is 8.54. The van der Waals surface area contributed by atoms with Crippen molar-refractivity contribution in [3.05, 3.63) is 0 Å². The van der Waals surface area contributed by atoms with Crippen LogP contribution >= 0.6 is 0 Å². The van der Waals surface area contributed by atoms with Gasteiger partial charge in [0.25, 0.3) is 0 Å². The maximum Gasteiger partial charge on any atom is 0.306 e. The molecule has 0 aromatic rings. The monoisotopic (exact) mass is 639 g/mol. The predicted molar refractivity (Wildman–Crippen MR) is 187 cm³/mol. The molecule has 266 valence electrons. The Hall–Kier alpha value is -1.59. The van der Waals surface area contributed by atoms with Gasteiger partial charge < -0.3 is 14.2 Å². The summed E-state index contributed by atoms with van der Waals surface area (Å²) < 4.78 is 16.5. The number of hydrogen-bond donors (Lipinski definition) is 0. The maximum absolute atomic E-state index is 12.6. The molecule has 0 bridgehead atoms. The number of ether oxygens (including phenoxy) is 3. The van der Waals surface area contributed by atoms with Crippen LogP contribution < -0.4 is 0 Å². The Labute approximate surface area is 278 Å². The quantitative estimate of drug-likeness (QED) is 0.0396. The first kappa shape index (κ1) is 43.4. The van der Waals surface area contributed by atoms with E-state index in [0.717, 1.165) is 63.7 Å². The molecule has 0 radical (unpaired) electrons. The van der Waals surface area contributed by atoms with Crippen LogP contribution in [0.3, 0.4) is 0 Å². The Bertz CT molecular complexity index is 676. The summed E-state index contributed by atoms with van der Waals surface area (Å²) >= 11 is 0. The highest BCUT2D eigenvalue weighted by molar-refractivity contribution is 5.71. The van der Waals surface area contributed by atoms with Gasteiger partial charge in [0, 0.05) is 19.3 Å². The van der Waals surface area contributed by atoms with Gasteiger partial charge >= 0.3 is 17.9 Å². The first-order chi connectivity index (χ1) is 21.9. The molecule has 45 heavy (non-hydrogen) atoms. The maximum atomic E-state index is 12.6. The summed E-state index contributed by atoms with van der Waals surface area (Å²) in [5.41, 5.74) is 0. The topological polar surface area (TPSA) is 78.9 Å². The van der Waals surface area contributed by atoms with Gasteiger partial charge in [0.2, 0.25) is 0 Å². The van der Waals surface area contributed by atoms with Crippen molar-refractivity contribution in [2.45, 2.75) is 214 Å². The molecule has 0 heterocycles. The summed E-state index contributed by atoms with van der Waals surface area (Å²) in [5.74, 6) is -0.0929. The van der Waals surface area contributed by atoms with Gasteiger partial charge in [-0.15, -0.1) is 0 Å². The van der Waals surface area contributed by atoms with Crippen molar-refractivity contribution in [2.75, 3.05) is 13.2 Å². The zero-order valence-corrected chi connectivity index (χ0v) is 30.3. The van der Waals surface area contributed by atoms with E-state index < -0.39 is 6.10 Å². The van der Waals surface area contributed by atoms with Gasteiger partial charge in [-0.3, -0.25) is 14.4 Å². The van der Waals surface area contributed by atoms with Crippen LogP contribution in [0.15, 0.2) is 0 Å². The SMILES string of the molecule is CCCCCCCCCCCCC(=O)O[C@H](COC(=O)CCCCCCCCC)COC(=O)CCCCCCCCCC(C)C. The lowest BCUT2D eigenvalue weighted by atomic mass is 10.0. The number of unbranched alkanes of at least 4 members (excludes halogenated alkanes) is 21. The normalized spacial score (nSPS) is 11.9. The second kappa shape index (κ2) is 33.8. The van der Waals surface area contributed by atoms with E-state index in [-0.39, 0.29) is 31.1 Å². The Morgan fingerprint density at radius 3 is 1.09 bits per heavy atom. The lowest BCUT2D eigenvalue weighted by molar-refractivity contribution is -0.167. The molecule has 1 atom stereocenters. The zero-order valence-electron chi connectivity index (χ0n) is 30.3. The van der Waals surface area contributed by atoms with Gasteiger partial charge in [-0.2, -0.15) is 0 Å². The predicted octanol–water partition coefficient (Wildman–Crippen LogP) is 11.6. The molecule has 6 nitrogen and oxygen atoms in total. The first-order valence-corrected chi connectivity index (χ1v) is 19.4. The van der Waals surface area contributed by atoms with Crippen LogP contribution in [0.25, 0.3) is 0 Å². The minimum absolute atomic E-state index is 0.0663. The second-order valence-electron chi connectivity index (χ2n) is 13.7. The molecule has 0 aromatic heterocycles. The lowest BCUT2D eigenvalue weighted by Gasteiger charge is -2.18. The molecule has 0 saturated carbocycles. The van der Waals surface area contributed by atoms with Crippen LogP contribution in [-0.4, -0.2) is 37.2 Å². The van der Waals surface area contributed by atoms with Crippen LogP contribution in [-0.2, 0) is 28.6 Å². The van der Waals surface area contributed by atoms with E-state index >= 15 is 0 Å². The van der Waals surface area contributed by atoms with Crippen molar-refractivity contribution in [1.82, 2.24) is 0 Å². The van der Waals surface area contributed by atoms with Gasteiger partial charge in [-0.05, 0) is 25.2 Å². The van der Waals surface area contributed by atoms with Gasteiger partial charge in [0.1, 0.15) is 13.2 Å². The van der Waals surface area contributed by atoms with Crippen molar-refractivity contribution >= 4 is 17.9 Å². The first-order valence-electron chi connectivity index (χ1n) is 19.4. The average molecular weight is 639 g/mol. The number of rotatable bonds is 34. The number of esters is 3. The Morgan fingerprint density at radius 2 is 0.733 bits per heavy atom. The van der Waals surface area contributed by atoms with Crippen LogP contribution in [0.2, 0.25) is 0 Å². The van der Waals surface area contributed by atoms with Crippen LogP contribution in [0.5, 0.6) is 0 Å². The largest absolute Gasteiger partial charge is 0.462 e. The molecule has 0 N–H and O–H groups in total. The van der Waals surface area contributed by atoms with E-state index in [1.165, 1.54) is 103 Å². The van der Waals surface area contributed by atoms with Crippen LogP contribution in [0.4, 0.5) is 0 Å². The molecular formula is C39H74O6. The molecule has 0 aliphatic carbocycles. The molecule has 6 heteroatoms. The van der Waals surface area contributed by atoms with Gasteiger partial charge in [0.15, 0.2) is 6.10 Å². The molecule has 0 spiro atoms. The van der Waals surface area contributed by atoms with Crippen molar-refractivity contribution in [3.63, 3.8) is 0 Å². The molecule has 0 aromatic carbocycles. The highest BCUT2D eigenvalue weighted by Gasteiger charge is 2.19. The fourth-order valence-corrected chi connectivity index (χ4v) is 5.57. The number of carbonyl (C=O) groups excluding carboxylic acids is 3. The van der Waals surface area contributed by atoms with Gasteiger partial charge in [-0.1, -0.05) is 169 Å². The highest BCUT2D eigenvalue weighted by atomic mass is 16.6. The van der Waals surface area contributed by atoms with E-state index in [2.05, 4.69) is 27.7 Å². The standard InChI is InChI=1S/C39H74O6/c1-5-7-9-11-13-14-15-19-24-28-32-39(42)45-36(33-43-37(40)30-26-22-17-12-10-8-6-2)34-44-38(41)31-27-23-20-16-18-21-25-29-35(3)4/h35-36H,5-34H2,1-4H3/t36-/m1/s1. The van der Waals surface area contributed by atoms with E-state index in [1.54, 1.807) is 0 Å². The van der Waals surface area contributed by atoms with Gasteiger partial charge in [0.05, 0.1) is 0 Å². The summed E-state index contributed by atoms with van der Waals surface area (Å²) in [4.78, 5) is 37.3. The summed E-state index contributed by atoms with van der Waals surface area (Å²) in [6.45, 7) is 8.86. The molecule has 0 rings (SSSR count). The lowest BCUT2D eigenvalue weighted by Crippen LogP contribution is -2.30. The third kappa shape index (κ3) is 33.6. The highest BCUT2D eigenvalue weighted by Crippen LogP contribution is 2.15. The minimum atomic E-state index is -0.756. The molecule has 0 saturated heterocycles. The molecular weight excluding hydrogens is 564 g/mol. The molecule has 0 unspecified atom stereocenters. The summed E-state index contributed by atoms with van der Waals surface area (Å²) in [6, 6.07) is 0. The fourth-order valence-electron chi connectivity index (χ4n) is 5.57. The summed E-state index contributed by atoms with van der Waals surface area (Å²) in [5, 5.41) is 0. The molecule has 0 fully saturated rings. The molecule has 0 aliphatic rings. The van der Waals surface area contributed by atoms with Crippen molar-refractivity contribution < 1.29 is 28.6 Å². The summed E-state index contributed by atoms with van der Waals surface area (Å²) in [6.07, 6.45) is 29.6. The second-order valence-corrected chi connectivity index (χ2v) is 13.7. The van der Waals surface area contributed by atoms with E-state index in [1.807, 2.05) is 0 Å². The van der Waals surface area contributed by atoms with Crippen molar-refractivity contribution in [3.8, 4) is 0 Å². The van der Waals surface area contributed by atoms with E-state index in [9.17, 15) is 14.4 Å². The molecule has 0 amide bonds. The minimum Gasteiger partial charge on any atom is -0.462 e. The fraction of sp³-hybridized carbons (Fsp3) is 0.923. The number of hydrogen-bond acceptors (Lipinski definition) is 6. The smallest absolute Gasteiger partial charge is 0.306 e. The molecule has 0 aliphatic heterocycles. The van der Waals surface area contributed by atoms with Crippen LogP contribution in [0, 0.1) is 5.92 Å². The van der Waals surface area contributed by atoms with E-state index in [4.69, 9.17) is 14.2 Å². The van der Waals surface area contributed by atoms with Gasteiger partial charge in [-0.25, -0.2) is 0 Å². The third-order valence-electron chi connectivity index (χ3n) is 8.54. The average Bonchev–Trinajstić information content (AvgIpc) is 3.01. The Morgan fingerprint density at radius 1 is 0.422 bits per heavy atom. The number of carbonyl (C=O) groups is 3. The van der Waals surface area contributed by atoms with Crippen molar-refractivity contribution in [1.29, 1.82) is 0 Å². The Balaban J connectivity index is 4.34. The zero-order chi connectivity index (χ0) is 33.2. The van der Waals surface area contributed by atoms with Crippen LogP contribution in [0.1, 0.15) is 207 Å². The van der Waals surface area contributed by atoms with E-state index in [0.29, 0.717) is 19.3 Å². The summed E-state index contributed by atoms with van der Waals surface area (Å²) in [7, 11) is 0. The Kier molecular flexibility index (Phi) is 32.6.